The molecule has 0 aliphatic heterocycles. The molecule has 0 bridgehead atoms. The summed E-state index contributed by atoms with van der Waals surface area (Å²) in [4.78, 5) is 4.44. The smallest absolute Gasteiger partial charge is 0.203 e. The standard InChI is InChI=1S/C23H30N6O3.C2H6.CH4O/c1-15(2)25-12-17-8-9-19(29(17)24-4)16(3)27-22-13-28(14-26-22)18-10-20(30-5)23(32-7)21(11-18)31-6;2*1-2/h8-11,13-15,25,27H,3-4,12H2,1-2,5-7H3;1-2H3;2H,1H3. The summed E-state index contributed by atoms with van der Waals surface area (Å²) in [6.45, 7) is 16.7. The maximum absolute atomic E-state index is 7.00. The van der Waals surface area contributed by atoms with Crippen LogP contribution in [-0.2, 0) is 6.54 Å². The van der Waals surface area contributed by atoms with Gasteiger partial charge in [-0.1, -0.05) is 34.3 Å². The average molecular weight is 501 g/mol. The number of methoxy groups -OCH3 is 3. The highest BCUT2D eigenvalue weighted by Gasteiger charge is 2.15. The Kier molecular flexibility index (Phi) is 12.8. The Morgan fingerprint density at radius 2 is 1.69 bits per heavy atom. The fourth-order valence-electron chi connectivity index (χ4n) is 3.27. The number of rotatable bonds is 11. The quantitative estimate of drug-likeness (QED) is 0.336. The van der Waals surface area contributed by atoms with Crippen molar-refractivity contribution in [2.24, 2.45) is 5.10 Å². The van der Waals surface area contributed by atoms with Crippen LogP contribution in [0.25, 0.3) is 11.4 Å². The molecule has 10 nitrogen and oxygen atoms in total. The number of ether oxygens (including phenoxy) is 3. The van der Waals surface area contributed by atoms with Crippen molar-refractivity contribution in [2.45, 2.75) is 40.3 Å². The van der Waals surface area contributed by atoms with Gasteiger partial charge < -0.3 is 34.5 Å². The molecule has 1 aromatic carbocycles. The molecule has 3 aromatic rings. The summed E-state index contributed by atoms with van der Waals surface area (Å²) in [5.41, 5.74) is 3.27. The molecule has 0 saturated carbocycles. The largest absolute Gasteiger partial charge is 0.493 e. The van der Waals surface area contributed by atoms with E-state index in [2.05, 4.69) is 47.9 Å². The molecule has 36 heavy (non-hydrogen) atoms. The number of nitrogens with one attached hydrogen (secondary N) is 2. The highest BCUT2D eigenvalue weighted by atomic mass is 16.5. The highest BCUT2D eigenvalue weighted by Crippen LogP contribution is 2.39. The number of aliphatic hydroxyl groups is 1. The van der Waals surface area contributed by atoms with E-state index in [0.717, 1.165) is 24.2 Å². The second-order valence-corrected chi connectivity index (χ2v) is 7.35. The minimum Gasteiger partial charge on any atom is -0.493 e. The Balaban J connectivity index is 0.00000154. The fraction of sp³-hybridized carbons (Fsp3) is 0.385. The van der Waals surface area contributed by atoms with Gasteiger partial charge in [-0.05, 0) is 12.1 Å². The maximum Gasteiger partial charge on any atom is 0.203 e. The molecule has 0 spiro atoms. The predicted molar refractivity (Wildman–Crippen MR) is 147 cm³/mol. The monoisotopic (exact) mass is 500 g/mol. The Hall–Kier alpha value is -3.76. The van der Waals surface area contributed by atoms with Crippen LogP contribution in [-0.4, -0.2) is 60.5 Å². The van der Waals surface area contributed by atoms with E-state index in [9.17, 15) is 0 Å². The number of hydrogen-bond acceptors (Lipinski definition) is 8. The van der Waals surface area contributed by atoms with Crippen molar-refractivity contribution in [3.63, 3.8) is 0 Å². The molecule has 0 saturated heterocycles. The molecule has 10 heteroatoms. The summed E-state index contributed by atoms with van der Waals surface area (Å²) in [5.74, 6) is 2.28. The predicted octanol–water partition coefficient (Wildman–Crippen LogP) is 4.38. The Labute approximate surface area is 214 Å². The zero-order valence-corrected chi connectivity index (χ0v) is 22.6. The van der Waals surface area contributed by atoms with E-state index in [0.29, 0.717) is 41.4 Å². The minimum absolute atomic E-state index is 0.368. The maximum atomic E-state index is 7.00. The molecule has 2 heterocycles. The molecule has 0 amide bonds. The summed E-state index contributed by atoms with van der Waals surface area (Å²) < 4.78 is 19.9. The molecule has 198 valence electrons. The van der Waals surface area contributed by atoms with Crippen LogP contribution >= 0.6 is 0 Å². The van der Waals surface area contributed by atoms with Gasteiger partial charge in [-0.15, -0.1) is 0 Å². The summed E-state index contributed by atoms with van der Waals surface area (Å²) in [5, 5.41) is 17.8. The van der Waals surface area contributed by atoms with Crippen molar-refractivity contribution in [1.82, 2.24) is 19.5 Å². The van der Waals surface area contributed by atoms with Gasteiger partial charge in [0.25, 0.3) is 0 Å². The molecule has 0 radical (unpaired) electrons. The number of hydrogen-bond donors (Lipinski definition) is 3. The van der Waals surface area contributed by atoms with Crippen LogP contribution in [0.4, 0.5) is 5.82 Å². The van der Waals surface area contributed by atoms with Crippen LogP contribution in [0.15, 0.2) is 48.5 Å². The number of aliphatic hydroxyl groups excluding tert-OH is 1. The third-order valence-corrected chi connectivity index (χ3v) is 4.89. The molecule has 3 N–H and O–H groups in total. The Morgan fingerprint density at radius 1 is 1.08 bits per heavy atom. The fourth-order valence-corrected chi connectivity index (χ4v) is 3.27. The van der Waals surface area contributed by atoms with Crippen molar-refractivity contribution in [2.75, 3.05) is 33.8 Å². The van der Waals surface area contributed by atoms with Gasteiger partial charge in [0, 0.05) is 38.5 Å². The van der Waals surface area contributed by atoms with Gasteiger partial charge in [-0.25, -0.2) is 9.66 Å². The topological polar surface area (TPSA) is 107 Å². The van der Waals surface area contributed by atoms with Gasteiger partial charge in [0.05, 0.1) is 50.3 Å². The Morgan fingerprint density at radius 3 is 2.19 bits per heavy atom. The third-order valence-electron chi connectivity index (χ3n) is 4.89. The van der Waals surface area contributed by atoms with E-state index >= 15 is 0 Å². The first kappa shape index (κ1) is 30.3. The molecule has 0 atom stereocenters. The van der Waals surface area contributed by atoms with Crippen LogP contribution in [0.5, 0.6) is 17.2 Å². The highest BCUT2D eigenvalue weighted by molar-refractivity contribution is 5.72. The van der Waals surface area contributed by atoms with Crippen molar-refractivity contribution >= 4 is 18.2 Å². The number of imidazole rings is 1. The molecule has 0 fully saturated rings. The lowest BCUT2D eigenvalue weighted by Gasteiger charge is -2.14. The first-order chi connectivity index (χ1) is 17.4. The van der Waals surface area contributed by atoms with E-state index < -0.39 is 0 Å². The third kappa shape index (κ3) is 7.37. The van der Waals surface area contributed by atoms with Crippen molar-refractivity contribution in [1.29, 1.82) is 0 Å². The van der Waals surface area contributed by atoms with Crippen LogP contribution in [0.2, 0.25) is 0 Å². The second-order valence-electron chi connectivity index (χ2n) is 7.35. The first-order valence-electron chi connectivity index (χ1n) is 11.6. The van der Waals surface area contributed by atoms with Crippen LogP contribution in [0, 0.1) is 0 Å². The summed E-state index contributed by atoms with van der Waals surface area (Å²) in [6.07, 6.45) is 3.54. The van der Waals surface area contributed by atoms with Gasteiger partial charge in [0.1, 0.15) is 12.1 Å². The van der Waals surface area contributed by atoms with Crippen LogP contribution < -0.4 is 24.8 Å². The zero-order chi connectivity index (χ0) is 27.3. The summed E-state index contributed by atoms with van der Waals surface area (Å²) >= 11 is 0. The summed E-state index contributed by atoms with van der Waals surface area (Å²) in [7, 11) is 5.74. The van der Waals surface area contributed by atoms with Crippen LogP contribution in [0.1, 0.15) is 39.1 Å². The van der Waals surface area contributed by atoms with Gasteiger partial charge in [-0.2, -0.15) is 5.10 Å². The molecule has 0 aliphatic rings. The van der Waals surface area contributed by atoms with Gasteiger partial charge in [-0.3, -0.25) is 0 Å². The average Bonchev–Trinajstić information content (AvgIpc) is 3.55. The van der Waals surface area contributed by atoms with E-state index in [-0.39, 0.29) is 0 Å². The number of nitrogens with zero attached hydrogens (tertiary/aromatic N) is 4. The van der Waals surface area contributed by atoms with Crippen molar-refractivity contribution in [3.05, 3.63) is 54.8 Å². The molecule has 0 aliphatic carbocycles. The summed E-state index contributed by atoms with van der Waals surface area (Å²) in [6, 6.07) is 8.02. The van der Waals surface area contributed by atoms with Gasteiger partial charge >= 0.3 is 0 Å². The van der Waals surface area contributed by atoms with Gasteiger partial charge in [0.2, 0.25) is 5.75 Å². The zero-order valence-electron chi connectivity index (χ0n) is 22.6. The van der Waals surface area contributed by atoms with E-state index in [1.54, 1.807) is 32.3 Å². The number of benzene rings is 1. The lowest BCUT2D eigenvalue weighted by molar-refractivity contribution is 0.324. The van der Waals surface area contributed by atoms with Crippen molar-refractivity contribution in [3.8, 4) is 22.9 Å². The molecule has 3 rings (SSSR count). The molecular weight excluding hydrogens is 460 g/mol. The lowest BCUT2D eigenvalue weighted by Crippen LogP contribution is -2.23. The van der Waals surface area contributed by atoms with Gasteiger partial charge in [0.15, 0.2) is 11.5 Å². The van der Waals surface area contributed by atoms with E-state index in [1.165, 1.54) is 0 Å². The molecule has 0 unspecified atom stereocenters. The number of aromatic nitrogens is 3. The van der Waals surface area contributed by atoms with E-state index in [4.69, 9.17) is 19.3 Å². The van der Waals surface area contributed by atoms with Crippen LogP contribution in [0.3, 0.4) is 0 Å². The lowest BCUT2D eigenvalue weighted by atomic mass is 10.2. The SMILES string of the molecule is C=Nn1c(CNC(C)C)ccc1C(=C)Nc1cn(-c2cc(OC)c(OC)c(OC)c2)cn1.CC.CO. The molecular formula is C26H40N6O4. The molecule has 2 aromatic heterocycles. The normalized spacial score (nSPS) is 9.94. The first-order valence-corrected chi connectivity index (χ1v) is 11.6. The number of anilines is 1. The minimum atomic E-state index is 0.368. The van der Waals surface area contributed by atoms with Crippen molar-refractivity contribution < 1.29 is 19.3 Å². The van der Waals surface area contributed by atoms with E-state index in [1.807, 2.05) is 48.9 Å². The second kappa shape index (κ2) is 15.3. The Bertz CT molecular complexity index is 1080.